The van der Waals surface area contributed by atoms with Crippen LogP contribution in [0.1, 0.15) is 47.3 Å². The van der Waals surface area contributed by atoms with Crippen molar-refractivity contribution in [2.75, 3.05) is 20.7 Å². The highest BCUT2D eigenvalue weighted by Gasteiger charge is 2.15. The first-order chi connectivity index (χ1) is 9.62. The Morgan fingerprint density at radius 2 is 2.20 bits per heavy atom. The first-order valence-electron chi connectivity index (χ1n) is 6.51. The Labute approximate surface area is 117 Å². The van der Waals surface area contributed by atoms with Gasteiger partial charge in [0.05, 0.1) is 18.6 Å². The third-order valence-electron chi connectivity index (χ3n) is 2.72. The smallest absolute Gasteiger partial charge is 0.374 e. The lowest BCUT2D eigenvalue weighted by Gasteiger charge is -2.03. The van der Waals surface area contributed by atoms with Crippen LogP contribution in [0.15, 0.2) is 11.2 Å². The van der Waals surface area contributed by atoms with Crippen molar-refractivity contribution >= 4 is 17.6 Å². The molecule has 1 rings (SSSR count). The van der Waals surface area contributed by atoms with E-state index in [1.54, 1.807) is 21.0 Å². The molecule has 0 atom stereocenters. The quantitative estimate of drug-likeness (QED) is 0.338. The fourth-order valence-corrected chi connectivity index (χ4v) is 1.67. The zero-order chi connectivity index (χ0) is 15.0. The van der Waals surface area contributed by atoms with Gasteiger partial charge in [-0.3, -0.25) is 9.79 Å². The molecule has 7 nitrogen and oxygen atoms in total. The van der Waals surface area contributed by atoms with E-state index < -0.39 is 5.97 Å². The van der Waals surface area contributed by atoms with Crippen molar-refractivity contribution < 1.29 is 14.3 Å². The Bertz CT molecular complexity index is 494. The number of carbonyl (C=O) groups is 2. The number of amidine groups is 1. The van der Waals surface area contributed by atoms with E-state index in [1.807, 2.05) is 0 Å². The summed E-state index contributed by atoms with van der Waals surface area (Å²) in [5, 5.41) is 2.96. The van der Waals surface area contributed by atoms with Gasteiger partial charge in [0.25, 0.3) is 0 Å². The topological polar surface area (TPSA) is 96.4 Å². The SMILES string of the molecule is CCOC(=O)c1ncc(C(=O)CCCC(=NC)NC)[nH]1. The highest BCUT2D eigenvalue weighted by molar-refractivity contribution is 5.96. The number of ether oxygens (including phenoxy) is 1. The Hall–Kier alpha value is -2.18. The monoisotopic (exact) mass is 280 g/mol. The molecular formula is C13H20N4O3. The molecule has 0 aliphatic carbocycles. The number of nitrogens with zero attached hydrogens (tertiary/aromatic N) is 2. The second-order valence-corrected chi connectivity index (χ2v) is 4.06. The van der Waals surface area contributed by atoms with Crippen LogP contribution in [0.25, 0.3) is 0 Å². The van der Waals surface area contributed by atoms with Gasteiger partial charge in [-0.1, -0.05) is 0 Å². The molecule has 0 unspecified atom stereocenters. The van der Waals surface area contributed by atoms with Gasteiger partial charge in [0.15, 0.2) is 5.78 Å². The fourth-order valence-electron chi connectivity index (χ4n) is 1.67. The molecule has 1 aromatic rings. The van der Waals surface area contributed by atoms with Crippen molar-refractivity contribution in [3.63, 3.8) is 0 Å². The Balaban J connectivity index is 2.50. The summed E-state index contributed by atoms with van der Waals surface area (Å²) in [4.78, 5) is 33.9. The van der Waals surface area contributed by atoms with Crippen molar-refractivity contribution in [3.05, 3.63) is 17.7 Å². The minimum atomic E-state index is -0.554. The molecule has 1 aromatic heterocycles. The molecule has 0 bridgehead atoms. The number of ketones is 1. The van der Waals surface area contributed by atoms with E-state index in [2.05, 4.69) is 20.3 Å². The summed E-state index contributed by atoms with van der Waals surface area (Å²) in [5.74, 6) is 0.276. The number of imidazole rings is 1. The minimum Gasteiger partial charge on any atom is -0.460 e. The normalized spacial score (nSPS) is 11.2. The average molecular weight is 280 g/mol. The number of carbonyl (C=O) groups excluding carboxylic acids is 2. The zero-order valence-corrected chi connectivity index (χ0v) is 12.0. The van der Waals surface area contributed by atoms with Crippen LogP contribution >= 0.6 is 0 Å². The number of nitrogens with one attached hydrogen (secondary N) is 2. The number of hydrogen-bond acceptors (Lipinski definition) is 5. The summed E-state index contributed by atoms with van der Waals surface area (Å²) in [6, 6.07) is 0. The number of Topliss-reactive ketones (excluding diaryl/α,β-unsaturated/α-hetero) is 1. The maximum atomic E-state index is 11.9. The van der Waals surface area contributed by atoms with Crippen LogP contribution in [0.2, 0.25) is 0 Å². The fraction of sp³-hybridized carbons (Fsp3) is 0.538. The van der Waals surface area contributed by atoms with E-state index >= 15 is 0 Å². The molecule has 110 valence electrons. The molecule has 2 N–H and O–H groups in total. The second-order valence-electron chi connectivity index (χ2n) is 4.06. The lowest BCUT2D eigenvalue weighted by Crippen LogP contribution is -2.18. The van der Waals surface area contributed by atoms with E-state index in [1.165, 1.54) is 6.20 Å². The summed E-state index contributed by atoms with van der Waals surface area (Å²) in [6.45, 7) is 1.98. The van der Waals surface area contributed by atoms with Crippen LogP contribution in [0.4, 0.5) is 0 Å². The van der Waals surface area contributed by atoms with Crippen LogP contribution in [-0.4, -0.2) is 48.3 Å². The predicted molar refractivity (Wildman–Crippen MR) is 75.1 cm³/mol. The van der Waals surface area contributed by atoms with Crippen LogP contribution in [-0.2, 0) is 4.74 Å². The van der Waals surface area contributed by atoms with Gasteiger partial charge in [-0.2, -0.15) is 0 Å². The van der Waals surface area contributed by atoms with Crippen LogP contribution < -0.4 is 5.32 Å². The third-order valence-corrected chi connectivity index (χ3v) is 2.72. The molecule has 0 aliphatic rings. The van der Waals surface area contributed by atoms with E-state index in [4.69, 9.17) is 4.74 Å². The zero-order valence-electron chi connectivity index (χ0n) is 12.0. The van der Waals surface area contributed by atoms with E-state index in [9.17, 15) is 9.59 Å². The molecule has 0 spiro atoms. The van der Waals surface area contributed by atoms with Gasteiger partial charge in [-0.15, -0.1) is 0 Å². The first-order valence-corrected chi connectivity index (χ1v) is 6.51. The Morgan fingerprint density at radius 1 is 1.45 bits per heavy atom. The van der Waals surface area contributed by atoms with Crippen molar-refractivity contribution in [2.45, 2.75) is 26.2 Å². The number of H-pyrrole nitrogens is 1. The molecule has 0 saturated heterocycles. The highest BCUT2D eigenvalue weighted by Crippen LogP contribution is 2.06. The molecule has 1 heterocycles. The molecular weight excluding hydrogens is 260 g/mol. The van der Waals surface area contributed by atoms with Crippen LogP contribution in [0.5, 0.6) is 0 Å². The summed E-state index contributed by atoms with van der Waals surface area (Å²) in [6.07, 6.45) is 3.12. The summed E-state index contributed by atoms with van der Waals surface area (Å²) in [7, 11) is 3.50. The van der Waals surface area contributed by atoms with Crippen molar-refractivity contribution in [1.82, 2.24) is 15.3 Å². The van der Waals surface area contributed by atoms with E-state index in [-0.39, 0.29) is 18.2 Å². The summed E-state index contributed by atoms with van der Waals surface area (Å²) < 4.78 is 4.79. The lowest BCUT2D eigenvalue weighted by molar-refractivity contribution is 0.0513. The van der Waals surface area contributed by atoms with E-state index in [0.29, 0.717) is 25.0 Å². The molecule has 0 aliphatic heterocycles. The molecule has 0 saturated carbocycles. The van der Waals surface area contributed by atoms with Gasteiger partial charge in [0.1, 0.15) is 5.69 Å². The Kier molecular flexibility index (Phi) is 6.42. The van der Waals surface area contributed by atoms with Crippen LogP contribution in [0.3, 0.4) is 0 Å². The number of hydrogen-bond donors (Lipinski definition) is 2. The predicted octanol–water partition coefficient (Wildman–Crippen LogP) is 1.19. The maximum absolute atomic E-state index is 11.9. The van der Waals surface area contributed by atoms with Gasteiger partial charge >= 0.3 is 5.97 Å². The number of aliphatic imine (C=N–C) groups is 1. The number of rotatable bonds is 7. The van der Waals surface area contributed by atoms with Crippen molar-refractivity contribution in [3.8, 4) is 0 Å². The third kappa shape index (κ3) is 4.49. The maximum Gasteiger partial charge on any atom is 0.374 e. The van der Waals surface area contributed by atoms with Gasteiger partial charge in [-0.05, 0) is 13.3 Å². The van der Waals surface area contributed by atoms with Gasteiger partial charge in [0.2, 0.25) is 5.82 Å². The minimum absolute atomic E-state index is 0.0567. The summed E-state index contributed by atoms with van der Waals surface area (Å²) in [5.41, 5.74) is 0.326. The largest absolute Gasteiger partial charge is 0.460 e. The molecule has 20 heavy (non-hydrogen) atoms. The van der Waals surface area contributed by atoms with Crippen molar-refractivity contribution in [1.29, 1.82) is 0 Å². The van der Waals surface area contributed by atoms with Gasteiger partial charge < -0.3 is 15.0 Å². The molecule has 0 radical (unpaired) electrons. The lowest BCUT2D eigenvalue weighted by atomic mass is 10.1. The molecule has 0 aromatic carbocycles. The van der Waals surface area contributed by atoms with Crippen LogP contribution in [0, 0.1) is 0 Å². The number of aromatic amines is 1. The van der Waals surface area contributed by atoms with E-state index in [0.717, 1.165) is 5.84 Å². The Morgan fingerprint density at radius 3 is 2.80 bits per heavy atom. The average Bonchev–Trinajstić information content (AvgIpc) is 2.93. The highest BCUT2D eigenvalue weighted by atomic mass is 16.5. The molecule has 0 fully saturated rings. The summed E-state index contributed by atoms with van der Waals surface area (Å²) >= 11 is 0. The standard InChI is InChI=1S/C13H20N4O3/c1-4-20-13(19)12-16-8-9(17-12)10(18)6-5-7-11(14-2)15-3/h8H,4-7H2,1-3H3,(H,14,15)(H,16,17). The van der Waals surface area contributed by atoms with Crippen molar-refractivity contribution in [2.24, 2.45) is 4.99 Å². The van der Waals surface area contributed by atoms with Gasteiger partial charge in [0, 0.05) is 26.9 Å². The first kappa shape index (κ1) is 15.9. The molecule has 7 heteroatoms. The second kappa shape index (κ2) is 8.08. The van der Waals surface area contributed by atoms with Gasteiger partial charge in [-0.25, -0.2) is 9.78 Å². The number of aromatic nitrogens is 2. The number of esters is 1. The molecule has 0 amide bonds.